The average Bonchev–Trinajstić information content (AvgIpc) is 2.42. The fraction of sp³-hybridized carbons (Fsp3) is 0.312. The van der Waals surface area contributed by atoms with Crippen LogP contribution in [0.2, 0.25) is 0 Å². The van der Waals surface area contributed by atoms with Crippen molar-refractivity contribution in [2.24, 2.45) is 0 Å². The summed E-state index contributed by atoms with van der Waals surface area (Å²) in [6.45, 7) is 2.82. The second-order valence-corrected chi connectivity index (χ2v) is 4.83. The molecule has 3 nitrogen and oxygen atoms in total. The second-order valence-electron chi connectivity index (χ2n) is 4.83. The number of nitrogens with one attached hydrogen (secondary N) is 1. The van der Waals surface area contributed by atoms with Gasteiger partial charge in [0.15, 0.2) is 0 Å². The van der Waals surface area contributed by atoms with Crippen LogP contribution >= 0.6 is 0 Å². The molecule has 0 aliphatic carbocycles. The van der Waals surface area contributed by atoms with E-state index in [0.29, 0.717) is 0 Å². The van der Waals surface area contributed by atoms with Crippen molar-refractivity contribution >= 4 is 0 Å². The Morgan fingerprint density at radius 2 is 1.68 bits per heavy atom. The predicted molar refractivity (Wildman–Crippen MR) is 78.6 cm³/mol. The van der Waals surface area contributed by atoms with Gasteiger partial charge in [-0.2, -0.15) is 0 Å². The molecule has 3 heteroatoms. The topological polar surface area (TPSA) is 28.2 Å². The Hall–Kier alpha value is -1.71. The van der Waals surface area contributed by atoms with Gasteiger partial charge in [0.1, 0.15) is 0 Å². The highest BCUT2D eigenvalue weighted by Crippen LogP contribution is 2.12. The molecule has 1 aromatic carbocycles. The molecule has 0 fully saturated rings. The lowest BCUT2D eigenvalue weighted by molar-refractivity contribution is 0.318. The van der Waals surface area contributed by atoms with Gasteiger partial charge in [-0.1, -0.05) is 24.3 Å². The van der Waals surface area contributed by atoms with Crippen molar-refractivity contribution in [3.63, 3.8) is 0 Å². The third-order valence-corrected chi connectivity index (χ3v) is 3.13. The third-order valence-electron chi connectivity index (χ3n) is 3.13. The number of hydrogen-bond donors (Lipinski definition) is 1. The van der Waals surface area contributed by atoms with Crippen LogP contribution in [0.4, 0.5) is 0 Å². The number of aromatic nitrogens is 1. The van der Waals surface area contributed by atoms with E-state index in [1.54, 1.807) is 0 Å². The Balaban J connectivity index is 2.00. The van der Waals surface area contributed by atoms with Crippen LogP contribution in [0.15, 0.2) is 48.8 Å². The van der Waals surface area contributed by atoms with Gasteiger partial charge in [-0.3, -0.25) is 9.88 Å². The minimum absolute atomic E-state index is 0.916. The van der Waals surface area contributed by atoms with E-state index in [2.05, 4.69) is 58.6 Å². The zero-order valence-electron chi connectivity index (χ0n) is 11.6. The molecule has 0 saturated heterocycles. The van der Waals surface area contributed by atoms with Crippen molar-refractivity contribution in [3.05, 3.63) is 65.5 Å². The van der Waals surface area contributed by atoms with E-state index in [-0.39, 0.29) is 0 Å². The minimum Gasteiger partial charge on any atom is -0.316 e. The summed E-state index contributed by atoms with van der Waals surface area (Å²) in [6, 6.07) is 12.7. The quantitative estimate of drug-likeness (QED) is 0.859. The summed E-state index contributed by atoms with van der Waals surface area (Å²) in [4.78, 5) is 6.37. The predicted octanol–water partition coefficient (Wildman–Crippen LogP) is 2.43. The molecule has 19 heavy (non-hydrogen) atoms. The molecule has 100 valence electrons. The molecule has 0 saturated carbocycles. The zero-order valence-corrected chi connectivity index (χ0v) is 11.6. The fourth-order valence-corrected chi connectivity index (χ4v) is 2.22. The van der Waals surface area contributed by atoms with E-state index in [1.807, 2.05) is 19.4 Å². The first kappa shape index (κ1) is 13.7. The molecular weight excluding hydrogens is 234 g/mol. The normalized spacial score (nSPS) is 10.9. The highest BCUT2D eigenvalue weighted by atomic mass is 15.1. The highest BCUT2D eigenvalue weighted by Gasteiger charge is 2.05. The molecule has 2 aromatic rings. The lowest BCUT2D eigenvalue weighted by Crippen LogP contribution is -2.19. The summed E-state index contributed by atoms with van der Waals surface area (Å²) >= 11 is 0. The van der Waals surface area contributed by atoms with E-state index in [4.69, 9.17) is 0 Å². The Morgan fingerprint density at radius 3 is 2.37 bits per heavy atom. The molecule has 1 heterocycles. The molecule has 0 unspecified atom stereocenters. The lowest BCUT2D eigenvalue weighted by Gasteiger charge is -2.19. The summed E-state index contributed by atoms with van der Waals surface area (Å²) < 4.78 is 0. The van der Waals surface area contributed by atoms with Crippen molar-refractivity contribution in [1.82, 2.24) is 15.2 Å². The van der Waals surface area contributed by atoms with Gasteiger partial charge in [0.2, 0.25) is 0 Å². The molecule has 1 N–H and O–H groups in total. The van der Waals surface area contributed by atoms with Gasteiger partial charge in [0.25, 0.3) is 0 Å². The van der Waals surface area contributed by atoms with E-state index in [0.717, 1.165) is 19.6 Å². The largest absolute Gasteiger partial charge is 0.316 e. The van der Waals surface area contributed by atoms with E-state index >= 15 is 0 Å². The first-order chi connectivity index (χ1) is 9.29. The maximum absolute atomic E-state index is 4.05. The maximum atomic E-state index is 4.05. The summed E-state index contributed by atoms with van der Waals surface area (Å²) in [6.07, 6.45) is 3.69. The van der Waals surface area contributed by atoms with Crippen molar-refractivity contribution < 1.29 is 0 Å². The van der Waals surface area contributed by atoms with Crippen LogP contribution < -0.4 is 5.32 Å². The van der Waals surface area contributed by atoms with Crippen LogP contribution in [0, 0.1) is 0 Å². The molecule has 0 aliphatic rings. The van der Waals surface area contributed by atoms with Gasteiger partial charge in [0.05, 0.1) is 0 Å². The van der Waals surface area contributed by atoms with Gasteiger partial charge in [-0.25, -0.2) is 0 Å². The van der Waals surface area contributed by atoms with Crippen molar-refractivity contribution in [2.45, 2.75) is 19.6 Å². The molecule has 2 rings (SSSR count). The lowest BCUT2D eigenvalue weighted by atomic mass is 10.1. The van der Waals surface area contributed by atoms with Gasteiger partial charge in [-0.05, 0) is 42.9 Å². The summed E-state index contributed by atoms with van der Waals surface area (Å²) in [7, 11) is 4.13. The summed E-state index contributed by atoms with van der Waals surface area (Å²) in [5.41, 5.74) is 4.04. The summed E-state index contributed by atoms with van der Waals surface area (Å²) in [5, 5.41) is 3.22. The van der Waals surface area contributed by atoms with Gasteiger partial charge >= 0.3 is 0 Å². The van der Waals surface area contributed by atoms with Crippen LogP contribution in [0.1, 0.15) is 16.7 Å². The van der Waals surface area contributed by atoms with Crippen molar-refractivity contribution in [1.29, 1.82) is 0 Å². The first-order valence-electron chi connectivity index (χ1n) is 6.58. The first-order valence-corrected chi connectivity index (χ1v) is 6.58. The molecule has 0 spiro atoms. The summed E-state index contributed by atoms with van der Waals surface area (Å²) in [5.74, 6) is 0. The Kier molecular flexibility index (Phi) is 5.07. The molecule has 0 radical (unpaired) electrons. The fourth-order valence-electron chi connectivity index (χ4n) is 2.22. The van der Waals surface area contributed by atoms with Crippen LogP contribution in [0.25, 0.3) is 0 Å². The minimum atomic E-state index is 0.916. The number of rotatable bonds is 6. The molecule has 0 aliphatic heterocycles. The van der Waals surface area contributed by atoms with Gasteiger partial charge in [-0.15, -0.1) is 0 Å². The number of benzene rings is 1. The van der Waals surface area contributed by atoms with Crippen LogP contribution in [-0.4, -0.2) is 24.0 Å². The van der Waals surface area contributed by atoms with Crippen LogP contribution in [0.5, 0.6) is 0 Å². The standard InChI is InChI=1S/C16H21N3/c1-17-11-15-5-3-4-6-16(15)13-19(2)12-14-7-9-18-10-8-14/h3-10,17H,11-13H2,1-2H3. The van der Waals surface area contributed by atoms with Crippen LogP contribution in [0.3, 0.4) is 0 Å². The zero-order chi connectivity index (χ0) is 13.5. The van der Waals surface area contributed by atoms with Gasteiger partial charge < -0.3 is 5.32 Å². The number of hydrogen-bond acceptors (Lipinski definition) is 3. The van der Waals surface area contributed by atoms with Gasteiger partial charge in [0, 0.05) is 32.0 Å². The smallest absolute Gasteiger partial charge is 0.0271 e. The van der Waals surface area contributed by atoms with E-state index in [1.165, 1.54) is 16.7 Å². The Bertz CT molecular complexity index is 496. The van der Waals surface area contributed by atoms with Crippen molar-refractivity contribution in [3.8, 4) is 0 Å². The number of nitrogens with zero attached hydrogens (tertiary/aromatic N) is 2. The average molecular weight is 255 g/mol. The van der Waals surface area contributed by atoms with E-state index < -0.39 is 0 Å². The van der Waals surface area contributed by atoms with Crippen molar-refractivity contribution in [2.75, 3.05) is 14.1 Å². The second kappa shape index (κ2) is 7.02. The molecule has 0 bridgehead atoms. The molecular formula is C16H21N3. The highest BCUT2D eigenvalue weighted by molar-refractivity contribution is 5.27. The molecule has 1 aromatic heterocycles. The molecule has 0 atom stereocenters. The molecule has 0 amide bonds. The van der Waals surface area contributed by atoms with E-state index in [9.17, 15) is 0 Å². The Labute approximate surface area is 115 Å². The maximum Gasteiger partial charge on any atom is 0.0271 e. The Morgan fingerprint density at radius 1 is 1.00 bits per heavy atom. The SMILES string of the molecule is CNCc1ccccc1CN(C)Cc1ccncc1. The van der Waals surface area contributed by atoms with Crippen LogP contribution in [-0.2, 0) is 19.6 Å². The number of pyridine rings is 1. The third kappa shape index (κ3) is 4.16. The monoisotopic (exact) mass is 255 g/mol.